The highest BCUT2D eigenvalue weighted by Crippen LogP contribution is 2.32. The highest BCUT2D eigenvalue weighted by molar-refractivity contribution is 5.36. The second-order valence-electron chi connectivity index (χ2n) is 4.99. The van der Waals surface area contributed by atoms with Crippen molar-refractivity contribution in [1.29, 1.82) is 0 Å². The molecule has 1 heteroatoms. The molecule has 2 rings (SSSR count). The lowest BCUT2D eigenvalue weighted by molar-refractivity contribution is 0.346. The van der Waals surface area contributed by atoms with Gasteiger partial charge >= 0.3 is 0 Å². The van der Waals surface area contributed by atoms with Crippen molar-refractivity contribution in [3.05, 3.63) is 22.8 Å². The molecule has 14 heavy (non-hydrogen) atoms. The first kappa shape index (κ1) is 9.97. The summed E-state index contributed by atoms with van der Waals surface area (Å²) in [4.78, 5) is 2.43. The molecule has 0 unspecified atom stereocenters. The van der Waals surface area contributed by atoms with E-state index in [2.05, 4.69) is 31.9 Å². The molecule has 0 bridgehead atoms. The Morgan fingerprint density at radius 1 is 1.21 bits per heavy atom. The van der Waals surface area contributed by atoms with Crippen molar-refractivity contribution in [2.45, 2.75) is 33.1 Å². The molecule has 0 fully saturated rings. The van der Waals surface area contributed by atoms with E-state index >= 15 is 0 Å². The van der Waals surface area contributed by atoms with Gasteiger partial charge in [-0.1, -0.05) is 31.1 Å². The van der Waals surface area contributed by atoms with Crippen LogP contribution in [-0.2, 0) is 0 Å². The molecule has 0 spiro atoms. The highest BCUT2D eigenvalue weighted by atomic mass is 15.1. The van der Waals surface area contributed by atoms with Crippen molar-refractivity contribution in [1.82, 2.24) is 4.90 Å². The zero-order chi connectivity index (χ0) is 10.1. The molecule has 0 aromatic rings. The van der Waals surface area contributed by atoms with Crippen LogP contribution in [0.2, 0.25) is 0 Å². The number of hydrogen-bond acceptors (Lipinski definition) is 1. The van der Waals surface area contributed by atoms with E-state index in [1.165, 1.54) is 32.4 Å². The highest BCUT2D eigenvalue weighted by Gasteiger charge is 2.19. The van der Waals surface area contributed by atoms with E-state index in [0.29, 0.717) is 0 Å². The van der Waals surface area contributed by atoms with E-state index < -0.39 is 0 Å². The SMILES string of the molecule is CC(C)C1=CC2=C(CC1)CCN(C)C2. The normalized spacial score (nSPS) is 23.9. The minimum Gasteiger partial charge on any atom is -0.302 e. The van der Waals surface area contributed by atoms with E-state index in [1.54, 1.807) is 16.7 Å². The molecule has 0 N–H and O–H groups in total. The largest absolute Gasteiger partial charge is 0.302 e. The zero-order valence-electron chi connectivity index (χ0n) is 9.64. The van der Waals surface area contributed by atoms with Crippen LogP contribution >= 0.6 is 0 Å². The van der Waals surface area contributed by atoms with Crippen LogP contribution in [0, 0.1) is 5.92 Å². The average Bonchev–Trinajstić information content (AvgIpc) is 2.16. The maximum absolute atomic E-state index is 2.47. The van der Waals surface area contributed by atoms with E-state index in [1.807, 2.05) is 0 Å². The molecule has 1 aliphatic carbocycles. The molecule has 0 saturated heterocycles. The Morgan fingerprint density at radius 2 is 2.00 bits per heavy atom. The summed E-state index contributed by atoms with van der Waals surface area (Å²) in [6.45, 7) is 7.04. The number of rotatable bonds is 1. The molecular weight excluding hydrogens is 170 g/mol. The van der Waals surface area contributed by atoms with Gasteiger partial charge in [0.15, 0.2) is 0 Å². The first-order valence-corrected chi connectivity index (χ1v) is 5.76. The van der Waals surface area contributed by atoms with Crippen molar-refractivity contribution < 1.29 is 0 Å². The first-order chi connectivity index (χ1) is 6.66. The molecule has 2 aliphatic rings. The van der Waals surface area contributed by atoms with Crippen molar-refractivity contribution in [2.24, 2.45) is 5.92 Å². The van der Waals surface area contributed by atoms with Gasteiger partial charge in [0.05, 0.1) is 0 Å². The van der Waals surface area contributed by atoms with Gasteiger partial charge in [0, 0.05) is 13.1 Å². The summed E-state index contributed by atoms with van der Waals surface area (Å²) in [6, 6.07) is 0. The summed E-state index contributed by atoms with van der Waals surface area (Å²) in [5, 5.41) is 0. The minimum atomic E-state index is 0.733. The molecular formula is C13H21N. The van der Waals surface area contributed by atoms with Gasteiger partial charge in [0.25, 0.3) is 0 Å². The molecule has 0 aromatic heterocycles. The Hall–Kier alpha value is -0.560. The number of allylic oxidation sites excluding steroid dienone is 1. The van der Waals surface area contributed by atoms with Gasteiger partial charge in [-0.2, -0.15) is 0 Å². The van der Waals surface area contributed by atoms with Gasteiger partial charge in [0.2, 0.25) is 0 Å². The van der Waals surface area contributed by atoms with Crippen LogP contribution in [0.25, 0.3) is 0 Å². The Labute approximate surface area is 87.5 Å². The van der Waals surface area contributed by atoms with Crippen molar-refractivity contribution in [3.8, 4) is 0 Å². The summed E-state index contributed by atoms with van der Waals surface area (Å²) in [7, 11) is 2.22. The van der Waals surface area contributed by atoms with Crippen molar-refractivity contribution >= 4 is 0 Å². The smallest absolute Gasteiger partial charge is 0.0230 e. The van der Waals surface area contributed by atoms with E-state index in [0.717, 1.165) is 5.92 Å². The topological polar surface area (TPSA) is 3.24 Å². The molecule has 0 aromatic carbocycles. The van der Waals surface area contributed by atoms with Crippen LogP contribution in [0.1, 0.15) is 33.1 Å². The number of likely N-dealkylation sites (N-methyl/N-ethyl adjacent to an activating group) is 1. The fourth-order valence-electron chi connectivity index (χ4n) is 2.45. The second kappa shape index (κ2) is 3.90. The predicted octanol–water partition coefficient (Wildman–Crippen LogP) is 2.99. The minimum absolute atomic E-state index is 0.733. The molecule has 0 atom stereocenters. The Balaban J connectivity index is 2.20. The summed E-state index contributed by atoms with van der Waals surface area (Å²) in [5.74, 6) is 0.733. The molecule has 0 saturated carbocycles. The van der Waals surface area contributed by atoms with Gasteiger partial charge < -0.3 is 4.90 Å². The zero-order valence-corrected chi connectivity index (χ0v) is 9.64. The molecule has 1 nitrogen and oxygen atoms in total. The van der Waals surface area contributed by atoms with Crippen LogP contribution < -0.4 is 0 Å². The van der Waals surface area contributed by atoms with E-state index in [4.69, 9.17) is 0 Å². The molecule has 0 radical (unpaired) electrons. The van der Waals surface area contributed by atoms with Crippen LogP contribution in [0.3, 0.4) is 0 Å². The number of hydrogen-bond donors (Lipinski definition) is 0. The summed E-state index contributed by atoms with van der Waals surface area (Å²) in [6.07, 6.45) is 6.40. The summed E-state index contributed by atoms with van der Waals surface area (Å²) < 4.78 is 0. The summed E-state index contributed by atoms with van der Waals surface area (Å²) >= 11 is 0. The van der Waals surface area contributed by atoms with Crippen LogP contribution in [0.4, 0.5) is 0 Å². The fourth-order valence-corrected chi connectivity index (χ4v) is 2.45. The third-order valence-electron chi connectivity index (χ3n) is 3.51. The molecule has 0 amide bonds. The molecule has 78 valence electrons. The lowest BCUT2D eigenvalue weighted by Crippen LogP contribution is -2.28. The maximum atomic E-state index is 2.47. The van der Waals surface area contributed by atoms with Crippen LogP contribution in [-0.4, -0.2) is 25.0 Å². The second-order valence-corrected chi connectivity index (χ2v) is 4.99. The lowest BCUT2D eigenvalue weighted by Gasteiger charge is -2.30. The van der Waals surface area contributed by atoms with Gasteiger partial charge in [0.1, 0.15) is 0 Å². The van der Waals surface area contributed by atoms with Gasteiger partial charge in [-0.15, -0.1) is 0 Å². The third kappa shape index (κ3) is 1.93. The first-order valence-electron chi connectivity index (χ1n) is 5.76. The third-order valence-corrected chi connectivity index (χ3v) is 3.51. The summed E-state index contributed by atoms with van der Waals surface area (Å²) in [5.41, 5.74) is 5.00. The standard InChI is InChI=1S/C13H21N/c1-10(2)12-5-4-11-6-7-14(3)9-13(11)8-12/h8,10H,4-7,9H2,1-3H3. The quantitative estimate of drug-likeness (QED) is 0.616. The Morgan fingerprint density at radius 3 is 2.71 bits per heavy atom. The van der Waals surface area contributed by atoms with Crippen LogP contribution in [0.5, 0.6) is 0 Å². The van der Waals surface area contributed by atoms with Gasteiger partial charge in [-0.3, -0.25) is 0 Å². The van der Waals surface area contributed by atoms with Gasteiger partial charge in [-0.25, -0.2) is 0 Å². The molecule has 1 aliphatic heterocycles. The lowest BCUT2D eigenvalue weighted by atomic mass is 9.84. The Kier molecular flexibility index (Phi) is 2.78. The monoisotopic (exact) mass is 191 g/mol. The average molecular weight is 191 g/mol. The maximum Gasteiger partial charge on any atom is 0.0230 e. The fraction of sp³-hybridized carbons (Fsp3) is 0.692. The van der Waals surface area contributed by atoms with E-state index in [-0.39, 0.29) is 0 Å². The van der Waals surface area contributed by atoms with Crippen molar-refractivity contribution in [2.75, 3.05) is 20.1 Å². The van der Waals surface area contributed by atoms with Crippen LogP contribution in [0.15, 0.2) is 22.8 Å². The van der Waals surface area contributed by atoms with E-state index in [9.17, 15) is 0 Å². The Bertz CT molecular complexity index is 284. The van der Waals surface area contributed by atoms with Crippen molar-refractivity contribution in [3.63, 3.8) is 0 Å². The number of nitrogens with zero attached hydrogens (tertiary/aromatic N) is 1. The van der Waals surface area contributed by atoms with Gasteiger partial charge in [-0.05, 0) is 37.8 Å². The predicted molar refractivity (Wildman–Crippen MR) is 61.3 cm³/mol. The molecule has 1 heterocycles.